The van der Waals surface area contributed by atoms with E-state index in [0.29, 0.717) is 13.2 Å². The molecular formula is C17H20NO2+. The van der Waals surface area contributed by atoms with Gasteiger partial charge in [0.1, 0.15) is 11.5 Å². The Morgan fingerprint density at radius 3 is 2.40 bits per heavy atom. The molecule has 0 bridgehead atoms. The molecule has 104 valence electrons. The fourth-order valence-corrected chi connectivity index (χ4v) is 1.89. The lowest BCUT2D eigenvalue weighted by molar-refractivity contribution is -0.378. The highest BCUT2D eigenvalue weighted by atomic mass is 16.5. The second-order valence-electron chi connectivity index (χ2n) is 4.23. The molecule has 0 atom stereocenters. The van der Waals surface area contributed by atoms with Gasteiger partial charge in [-0.05, 0) is 31.5 Å². The van der Waals surface area contributed by atoms with E-state index in [9.17, 15) is 0 Å². The van der Waals surface area contributed by atoms with Crippen LogP contribution in [0.2, 0.25) is 0 Å². The average Bonchev–Trinajstić information content (AvgIpc) is 2.48. The summed E-state index contributed by atoms with van der Waals surface area (Å²) < 4.78 is 11.2. The van der Waals surface area contributed by atoms with E-state index < -0.39 is 0 Å². The molecule has 0 unspecified atom stereocenters. The SMILES string of the molecule is CCOc1ccc(/C=C/c2cc[nH+]cc2)c(OCC)c1. The smallest absolute Gasteiger partial charge is 0.167 e. The number of aromatic amines is 1. The first-order valence-electron chi connectivity index (χ1n) is 6.87. The lowest BCUT2D eigenvalue weighted by atomic mass is 10.1. The van der Waals surface area contributed by atoms with Crippen LogP contribution in [0.5, 0.6) is 11.5 Å². The highest BCUT2D eigenvalue weighted by Crippen LogP contribution is 2.26. The van der Waals surface area contributed by atoms with E-state index in [1.54, 1.807) is 0 Å². The molecule has 20 heavy (non-hydrogen) atoms. The lowest BCUT2D eigenvalue weighted by Crippen LogP contribution is -1.97. The molecule has 3 nitrogen and oxygen atoms in total. The van der Waals surface area contributed by atoms with Crippen LogP contribution in [0.4, 0.5) is 0 Å². The van der Waals surface area contributed by atoms with Gasteiger partial charge in [-0.3, -0.25) is 0 Å². The van der Waals surface area contributed by atoms with E-state index in [4.69, 9.17) is 9.47 Å². The quantitative estimate of drug-likeness (QED) is 0.805. The van der Waals surface area contributed by atoms with Crippen molar-refractivity contribution in [2.75, 3.05) is 13.2 Å². The van der Waals surface area contributed by atoms with Gasteiger partial charge in [0.25, 0.3) is 0 Å². The maximum absolute atomic E-state index is 5.67. The molecule has 1 N–H and O–H groups in total. The maximum atomic E-state index is 5.67. The first kappa shape index (κ1) is 14.1. The Bertz CT molecular complexity index is 564. The first-order chi connectivity index (χ1) is 9.83. The molecule has 0 radical (unpaired) electrons. The molecule has 0 aliphatic carbocycles. The largest absolute Gasteiger partial charge is 0.494 e. The van der Waals surface area contributed by atoms with Gasteiger partial charge >= 0.3 is 0 Å². The second kappa shape index (κ2) is 7.34. The number of ether oxygens (including phenoxy) is 2. The predicted molar refractivity (Wildman–Crippen MR) is 80.7 cm³/mol. The van der Waals surface area contributed by atoms with Gasteiger partial charge in [-0.1, -0.05) is 12.2 Å². The number of aromatic nitrogens is 1. The number of hydrogen-bond donors (Lipinski definition) is 0. The van der Waals surface area contributed by atoms with Gasteiger partial charge in [0, 0.05) is 23.8 Å². The Kier molecular flexibility index (Phi) is 5.18. The number of H-pyrrole nitrogens is 1. The van der Waals surface area contributed by atoms with Crippen LogP contribution in [0.3, 0.4) is 0 Å². The van der Waals surface area contributed by atoms with Crippen molar-refractivity contribution in [1.29, 1.82) is 0 Å². The molecule has 0 aliphatic rings. The summed E-state index contributed by atoms with van der Waals surface area (Å²) in [4.78, 5) is 3.01. The van der Waals surface area contributed by atoms with Crippen LogP contribution in [0, 0.1) is 0 Å². The average molecular weight is 270 g/mol. The standard InChI is InChI=1S/C17H19NO2/c1-3-19-16-8-7-15(17(13-16)20-4-2)6-5-14-9-11-18-12-10-14/h5-13H,3-4H2,1-2H3/p+1/b6-5+. The molecule has 3 heteroatoms. The van der Waals surface area contributed by atoms with Crippen molar-refractivity contribution in [3.8, 4) is 11.5 Å². The Morgan fingerprint density at radius 2 is 1.70 bits per heavy atom. The zero-order chi connectivity index (χ0) is 14.2. The molecule has 0 saturated carbocycles. The van der Waals surface area contributed by atoms with Crippen molar-refractivity contribution in [3.63, 3.8) is 0 Å². The zero-order valence-electron chi connectivity index (χ0n) is 11.9. The third-order valence-corrected chi connectivity index (χ3v) is 2.80. The molecule has 0 fully saturated rings. The molecule has 0 aliphatic heterocycles. The number of nitrogens with one attached hydrogen (secondary N) is 1. The van der Waals surface area contributed by atoms with Crippen LogP contribution in [0.25, 0.3) is 12.2 Å². The van der Waals surface area contributed by atoms with Gasteiger partial charge in [-0.15, -0.1) is 0 Å². The summed E-state index contributed by atoms with van der Waals surface area (Å²) in [5, 5.41) is 0. The molecule has 0 saturated heterocycles. The van der Waals surface area contributed by atoms with Crippen LogP contribution in [0.15, 0.2) is 42.7 Å². The van der Waals surface area contributed by atoms with Gasteiger partial charge in [0.05, 0.1) is 13.2 Å². The van der Waals surface area contributed by atoms with Gasteiger partial charge in [-0.2, -0.15) is 0 Å². The van der Waals surface area contributed by atoms with Gasteiger partial charge in [0.2, 0.25) is 0 Å². The molecule has 2 aromatic rings. The van der Waals surface area contributed by atoms with Gasteiger partial charge in [0.15, 0.2) is 12.4 Å². The molecule has 0 spiro atoms. The van der Waals surface area contributed by atoms with Crippen molar-refractivity contribution < 1.29 is 14.5 Å². The Labute approximate surface area is 119 Å². The van der Waals surface area contributed by atoms with Crippen molar-refractivity contribution in [2.45, 2.75) is 13.8 Å². The molecule has 2 rings (SSSR count). The van der Waals surface area contributed by atoms with Crippen molar-refractivity contribution in [3.05, 3.63) is 53.9 Å². The number of pyridine rings is 1. The highest BCUT2D eigenvalue weighted by Gasteiger charge is 2.03. The zero-order valence-corrected chi connectivity index (χ0v) is 11.9. The van der Waals surface area contributed by atoms with Crippen molar-refractivity contribution in [1.82, 2.24) is 0 Å². The van der Waals surface area contributed by atoms with Gasteiger partial charge in [-0.25, -0.2) is 4.98 Å². The van der Waals surface area contributed by atoms with Crippen molar-refractivity contribution >= 4 is 12.2 Å². The summed E-state index contributed by atoms with van der Waals surface area (Å²) in [6.07, 6.45) is 7.92. The molecular weight excluding hydrogens is 250 g/mol. The molecule has 1 heterocycles. The summed E-state index contributed by atoms with van der Waals surface area (Å²) in [7, 11) is 0. The number of benzene rings is 1. The number of rotatable bonds is 6. The van der Waals surface area contributed by atoms with Crippen LogP contribution >= 0.6 is 0 Å². The first-order valence-corrected chi connectivity index (χ1v) is 6.87. The van der Waals surface area contributed by atoms with Crippen molar-refractivity contribution in [2.24, 2.45) is 0 Å². The highest BCUT2D eigenvalue weighted by molar-refractivity contribution is 5.72. The fourth-order valence-electron chi connectivity index (χ4n) is 1.89. The minimum atomic E-state index is 0.636. The minimum Gasteiger partial charge on any atom is -0.494 e. The van der Waals surface area contributed by atoms with E-state index in [1.165, 1.54) is 0 Å². The summed E-state index contributed by atoms with van der Waals surface area (Å²) in [6, 6.07) is 9.95. The Hall–Kier alpha value is -2.29. The topological polar surface area (TPSA) is 32.6 Å². The molecule has 0 amide bonds. The third-order valence-electron chi connectivity index (χ3n) is 2.80. The Morgan fingerprint density at radius 1 is 0.950 bits per heavy atom. The van der Waals surface area contributed by atoms with Crippen LogP contribution in [-0.2, 0) is 0 Å². The predicted octanol–water partition coefficient (Wildman–Crippen LogP) is 3.47. The summed E-state index contributed by atoms with van der Waals surface area (Å²) in [5.41, 5.74) is 2.18. The maximum Gasteiger partial charge on any atom is 0.167 e. The van der Waals surface area contributed by atoms with Gasteiger partial charge < -0.3 is 9.47 Å². The van der Waals surface area contributed by atoms with Crippen LogP contribution in [-0.4, -0.2) is 13.2 Å². The van der Waals surface area contributed by atoms with Crippen LogP contribution < -0.4 is 14.5 Å². The third kappa shape index (κ3) is 3.85. The van der Waals surface area contributed by atoms with E-state index >= 15 is 0 Å². The minimum absolute atomic E-state index is 0.636. The van der Waals surface area contributed by atoms with E-state index in [0.717, 1.165) is 22.6 Å². The van der Waals surface area contributed by atoms with E-state index in [1.807, 2.05) is 56.6 Å². The summed E-state index contributed by atoms with van der Waals surface area (Å²) in [5.74, 6) is 1.68. The molecule has 1 aromatic carbocycles. The van der Waals surface area contributed by atoms with E-state index in [-0.39, 0.29) is 0 Å². The lowest BCUT2D eigenvalue weighted by Gasteiger charge is -2.10. The monoisotopic (exact) mass is 270 g/mol. The molecule has 1 aromatic heterocycles. The fraction of sp³-hybridized carbons (Fsp3) is 0.235. The normalized spacial score (nSPS) is 10.7. The summed E-state index contributed by atoms with van der Waals surface area (Å²) in [6.45, 7) is 5.24. The van der Waals surface area contributed by atoms with E-state index in [2.05, 4.69) is 17.1 Å². The Balaban J connectivity index is 2.24. The second-order valence-corrected chi connectivity index (χ2v) is 4.23. The van der Waals surface area contributed by atoms with Crippen LogP contribution in [0.1, 0.15) is 25.0 Å². The number of hydrogen-bond acceptors (Lipinski definition) is 2. The summed E-state index contributed by atoms with van der Waals surface area (Å²) >= 11 is 0.